The Morgan fingerprint density at radius 1 is 1.33 bits per heavy atom. The average molecular weight is 329 g/mol. The summed E-state index contributed by atoms with van der Waals surface area (Å²) < 4.78 is 6.31. The minimum absolute atomic E-state index is 0.168. The van der Waals surface area contributed by atoms with Crippen molar-refractivity contribution in [1.82, 2.24) is 4.90 Å². The highest BCUT2D eigenvalue weighted by Crippen LogP contribution is 2.66. The fraction of sp³-hybridized carbons (Fsp3) is 0.632. The van der Waals surface area contributed by atoms with Gasteiger partial charge in [0.15, 0.2) is 11.4 Å². The molecular formula is C19H23NO4. The molecule has 5 aliphatic rings. The number of piperidine rings is 1. The van der Waals surface area contributed by atoms with Crippen molar-refractivity contribution in [3.8, 4) is 0 Å². The molecule has 5 heteroatoms. The van der Waals surface area contributed by atoms with E-state index in [-0.39, 0.29) is 17.1 Å². The lowest BCUT2D eigenvalue weighted by Gasteiger charge is -2.58. The SMILES string of the molecule is CC(=O)C12O[C@H]3[C@@H](O)C=C[C@H]4[C@H]5CC(=C1[C@]43CCN5C)C=CC2O. The predicted molar refractivity (Wildman–Crippen MR) is 87.2 cm³/mol. The molecule has 0 radical (unpaired) electrons. The molecule has 0 aromatic carbocycles. The van der Waals surface area contributed by atoms with E-state index in [2.05, 4.69) is 18.0 Å². The number of ether oxygens (including phenoxy) is 1. The second-order valence-electron chi connectivity index (χ2n) is 7.98. The molecule has 128 valence electrons. The average Bonchev–Trinajstić information content (AvgIpc) is 2.88. The lowest BCUT2D eigenvalue weighted by Crippen LogP contribution is -2.62. The molecule has 2 N–H and O–H groups in total. The minimum atomic E-state index is -1.32. The maximum atomic E-state index is 12.7. The molecule has 2 saturated heterocycles. The van der Waals surface area contributed by atoms with Crippen LogP contribution in [0.3, 0.4) is 0 Å². The van der Waals surface area contributed by atoms with Crippen molar-refractivity contribution >= 4 is 5.78 Å². The topological polar surface area (TPSA) is 70.0 Å². The highest BCUT2D eigenvalue weighted by molar-refractivity contribution is 5.92. The van der Waals surface area contributed by atoms with Crippen LogP contribution in [-0.2, 0) is 9.53 Å². The number of Topliss-reactive ketones (excluding diaryl/α,β-unsaturated/α-hetero) is 1. The second kappa shape index (κ2) is 4.47. The Balaban J connectivity index is 1.83. The molecule has 5 nitrogen and oxygen atoms in total. The Kier molecular flexibility index (Phi) is 2.79. The summed E-state index contributed by atoms with van der Waals surface area (Å²) in [6, 6.07) is 0.343. The van der Waals surface area contributed by atoms with E-state index in [1.165, 1.54) is 6.92 Å². The lowest BCUT2D eigenvalue weighted by atomic mass is 9.50. The van der Waals surface area contributed by atoms with Crippen molar-refractivity contribution in [2.24, 2.45) is 11.3 Å². The molecule has 2 unspecified atom stereocenters. The molecule has 0 aromatic rings. The van der Waals surface area contributed by atoms with E-state index in [1.807, 2.05) is 12.2 Å². The Morgan fingerprint density at radius 2 is 2.12 bits per heavy atom. The van der Waals surface area contributed by atoms with Crippen LogP contribution in [0.25, 0.3) is 0 Å². The number of allylic oxidation sites excluding steroid dienone is 1. The zero-order valence-electron chi connectivity index (χ0n) is 14.0. The summed E-state index contributed by atoms with van der Waals surface area (Å²) in [5.41, 5.74) is 0.380. The van der Waals surface area contributed by atoms with Gasteiger partial charge in [0.2, 0.25) is 0 Å². The van der Waals surface area contributed by atoms with E-state index in [4.69, 9.17) is 4.74 Å². The summed E-state index contributed by atoms with van der Waals surface area (Å²) in [4.78, 5) is 15.1. The van der Waals surface area contributed by atoms with Crippen molar-refractivity contribution in [2.45, 2.75) is 49.7 Å². The van der Waals surface area contributed by atoms with Gasteiger partial charge < -0.3 is 19.8 Å². The first-order valence-corrected chi connectivity index (χ1v) is 8.79. The van der Waals surface area contributed by atoms with E-state index in [1.54, 1.807) is 6.08 Å². The molecule has 2 bridgehead atoms. The Labute approximate surface area is 141 Å². The van der Waals surface area contributed by atoms with E-state index >= 15 is 0 Å². The van der Waals surface area contributed by atoms with Gasteiger partial charge in [-0.25, -0.2) is 0 Å². The Morgan fingerprint density at radius 3 is 2.88 bits per heavy atom. The Hall–Kier alpha value is -1.27. The zero-order valence-corrected chi connectivity index (χ0v) is 14.0. The second-order valence-corrected chi connectivity index (χ2v) is 7.98. The normalized spacial score (nSPS) is 51.8. The van der Waals surface area contributed by atoms with Gasteiger partial charge >= 0.3 is 0 Å². The van der Waals surface area contributed by atoms with Crippen LogP contribution in [-0.4, -0.2) is 64.4 Å². The third kappa shape index (κ3) is 1.41. The number of aliphatic hydroxyl groups excluding tert-OH is 2. The van der Waals surface area contributed by atoms with Gasteiger partial charge in [-0.05, 0) is 44.5 Å². The van der Waals surface area contributed by atoms with Crippen LogP contribution in [0.1, 0.15) is 19.8 Å². The van der Waals surface area contributed by atoms with Crippen LogP contribution in [0.15, 0.2) is 35.5 Å². The van der Waals surface area contributed by atoms with Gasteiger partial charge in [0.25, 0.3) is 0 Å². The highest BCUT2D eigenvalue weighted by Gasteiger charge is 2.72. The van der Waals surface area contributed by atoms with Gasteiger partial charge in [0.05, 0.1) is 12.2 Å². The van der Waals surface area contributed by atoms with Gasteiger partial charge in [-0.2, -0.15) is 0 Å². The molecule has 7 atom stereocenters. The van der Waals surface area contributed by atoms with Gasteiger partial charge in [0, 0.05) is 17.4 Å². The van der Waals surface area contributed by atoms with E-state index in [9.17, 15) is 15.0 Å². The summed E-state index contributed by atoms with van der Waals surface area (Å²) in [5, 5.41) is 21.4. The minimum Gasteiger partial charge on any atom is -0.386 e. The number of ketones is 1. The number of carbonyl (C=O) groups excluding carboxylic acids is 1. The van der Waals surface area contributed by atoms with E-state index in [0.29, 0.717) is 6.04 Å². The van der Waals surface area contributed by atoms with E-state index in [0.717, 1.165) is 30.5 Å². The maximum Gasteiger partial charge on any atom is 0.178 e. The third-order valence-electron chi connectivity index (χ3n) is 7.11. The van der Waals surface area contributed by atoms with Crippen molar-refractivity contribution in [3.05, 3.63) is 35.5 Å². The standard InChI is InChI=1S/C19H23NO4/c1-10(21)19-15(23)6-3-11-9-13-12-4-5-14(22)17(24-19)18(12,16(11)19)7-8-20(13)2/h3-6,12-15,17,22-23H,7-9H2,1-2H3/t12-,13+,14-,15?,17-,18-,19?/m0/s1. The third-order valence-corrected chi connectivity index (χ3v) is 7.11. The number of hydrogen-bond acceptors (Lipinski definition) is 5. The molecule has 24 heavy (non-hydrogen) atoms. The molecule has 0 saturated carbocycles. The van der Waals surface area contributed by atoms with Gasteiger partial charge in [-0.1, -0.05) is 24.3 Å². The monoisotopic (exact) mass is 329 g/mol. The quantitative estimate of drug-likeness (QED) is 0.689. The van der Waals surface area contributed by atoms with Crippen LogP contribution >= 0.6 is 0 Å². The number of rotatable bonds is 1. The van der Waals surface area contributed by atoms with Crippen LogP contribution in [0.2, 0.25) is 0 Å². The first-order chi connectivity index (χ1) is 11.4. The molecule has 0 amide bonds. The molecular weight excluding hydrogens is 306 g/mol. The molecule has 2 fully saturated rings. The van der Waals surface area contributed by atoms with Gasteiger partial charge in [0.1, 0.15) is 6.10 Å². The van der Waals surface area contributed by atoms with E-state index < -0.39 is 23.9 Å². The summed E-state index contributed by atoms with van der Waals surface area (Å²) in [5.74, 6) is 0.0438. The molecule has 0 aromatic heterocycles. The van der Waals surface area contributed by atoms with Gasteiger partial charge in [-0.15, -0.1) is 0 Å². The summed E-state index contributed by atoms with van der Waals surface area (Å²) in [6.07, 6.45) is 7.09. The smallest absolute Gasteiger partial charge is 0.178 e. The number of aliphatic hydroxyl groups is 2. The summed E-state index contributed by atoms with van der Waals surface area (Å²) >= 11 is 0. The predicted octanol–water partition coefficient (Wildman–Crippen LogP) is 0.581. The molecule has 2 aliphatic heterocycles. The molecule has 3 aliphatic carbocycles. The highest BCUT2D eigenvalue weighted by atomic mass is 16.5. The molecule has 2 heterocycles. The maximum absolute atomic E-state index is 12.7. The molecule has 5 rings (SSSR count). The van der Waals surface area contributed by atoms with Gasteiger partial charge in [-0.3, -0.25) is 4.79 Å². The zero-order chi connectivity index (χ0) is 16.9. The lowest BCUT2D eigenvalue weighted by molar-refractivity contribution is -0.161. The summed E-state index contributed by atoms with van der Waals surface area (Å²) in [6.45, 7) is 2.41. The van der Waals surface area contributed by atoms with Crippen molar-refractivity contribution < 1.29 is 19.7 Å². The van der Waals surface area contributed by atoms with Crippen LogP contribution in [0, 0.1) is 11.3 Å². The largest absolute Gasteiger partial charge is 0.386 e. The van der Waals surface area contributed by atoms with Crippen LogP contribution in [0.5, 0.6) is 0 Å². The molecule has 1 spiro atoms. The van der Waals surface area contributed by atoms with Crippen molar-refractivity contribution in [3.63, 3.8) is 0 Å². The first-order valence-electron chi connectivity index (χ1n) is 8.79. The van der Waals surface area contributed by atoms with Crippen molar-refractivity contribution in [2.75, 3.05) is 13.6 Å². The number of likely N-dealkylation sites (tertiary alicyclic amines) is 1. The number of carbonyl (C=O) groups is 1. The number of hydrogen-bond donors (Lipinski definition) is 2. The summed E-state index contributed by atoms with van der Waals surface area (Å²) in [7, 11) is 2.15. The Bertz CT molecular complexity index is 725. The fourth-order valence-corrected chi connectivity index (χ4v) is 6.12. The number of nitrogens with zero attached hydrogens (tertiary/aromatic N) is 1. The first kappa shape index (κ1) is 15.0. The van der Waals surface area contributed by atoms with Crippen molar-refractivity contribution in [1.29, 1.82) is 0 Å². The fourth-order valence-electron chi connectivity index (χ4n) is 6.12. The van der Waals surface area contributed by atoms with Crippen LogP contribution < -0.4 is 0 Å². The van der Waals surface area contributed by atoms with Crippen LogP contribution in [0.4, 0.5) is 0 Å².